The fourth-order valence-electron chi connectivity index (χ4n) is 6.67. The van der Waals surface area contributed by atoms with Crippen molar-refractivity contribution in [3.8, 4) is 68.8 Å². The second-order valence-corrected chi connectivity index (χ2v) is 14.4. The van der Waals surface area contributed by atoms with Crippen LogP contribution in [0.4, 0.5) is 15.5 Å². The number of hydrogen-bond acceptors (Lipinski definition) is 15. The molecule has 0 atom stereocenters. The number of benzene rings is 2. The van der Waals surface area contributed by atoms with Crippen LogP contribution in [0.25, 0.3) is 33.5 Å². The first kappa shape index (κ1) is 45.1. The van der Waals surface area contributed by atoms with Crippen molar-refractivity contribution in [1.29, 1.82) is 0 Å². The number of aromatic nitrogens is 5. The number of nitrogens with two attached hydrogens (primary N) is 1. The first-order valence-electron chi connectivity index (χ1n) is 19.4. The van der Waals surface area contributed by atoms with Crippen LogP contribution in [0.2, 0.25) is 5.15 Å². The Kier molecular flexibility index (Phi) is 14.3. The van der Waals surface area contributed by atoms with E-state index in [1.807, 2.05) is 24.6 Å². The molecule has 2 N–H and O–H groups in total. The minimum absolute atomic E-state index is 0.0136. The minimum Gasteiger partial charge on any atom is -0.496 e. The molecular weight excluding hydrogens is 836 g/mol. The Morgan fingerprint density at radius 2 is 1.51 bits per heavy atom. The first-order chi connectivity index (χ1) is 30.3. The lowest BCUT2D eigenvalue weighted by Gasteiger charge is -2.22. The number of halogens is 1. The lowest BCUT2D eigenvalue weighted by atomic mass is 10.0. The van der Waals surface area contributed by atoms with Crippen LogP contribution in [0.5, 0.6) is 34.5 Å². The predicted octanol–water partition coefficient (Wildman–Crippen LogP) is 7.03. The number of carbonyl (C=O) groups is 2. The molecule has 0 radical (unpaired) electrons. The van der Waals surface area contributed by atoms with E-state index in [9.17, 15) is 9.59 Å². The molecule has 0 saturated heterocycles. The van der Waals surface area contributed by atoms with Crippen molar-refractivity contribution < 1.29 is 47.3 Å². The van der Waals surface area contributed by atoms with Crippen LogP contribution in [0, 0.1) is 25.7 Å². The van der Waals surface area contributed by atoms with Crippen molar-refractivity contribution in [3.63, 3.8) is 0 Å². The van der Waals surface area contributed by atoms with Crippen molar-refractivity contribution in [1.82, 2.24) is 34.5 Å². The number of pyridine rings is 1. The van der Waals surface area contributed by atoms with Gasteiger partial charge < -0.3 is 57.8 Å². The molecule has 0 aliphatic heterocycles. The van der Waals surface area contributed by atoms with Gasteiger partial charge in [-0.1, -0.05) is 34.7 Å². The standard InChI is InChI=1S/C44H47ClN8O10/c1-25-21-47-31(26(2)37(25)59-8)24-53-23-28(36-40(45)49-42(46)50-41(36)53)12-10-11-17-61-43(54)51(3)15-16-52(4)44(55)62-33-18-27(13-14-32(33)56-5)30-22-48-63-38(30)29-19-34(57-6)39(60-9)35(20-29)58-7/h13-14,18-23H,11,15-17,24H2,1-9H3,(H2,46,49,50). The van der Waals surface area contributed by atoms with E-state index >= 15 is 0 Å². The van der Waals surface area contributed by atoms with Crippen molar-refractivity contribution in [2.75, 3.05) is 75.1 Å². The summed E-state index contributed by atoms with van der Waals surface area (Å²) in [6.07, 6.45) is 4.06. The summed E-state index contributed by atoms with van der Waals surface area (Å²) < 4.78 is 46.3. The van der Waals surface area contributed by atoms with Gasteiger partial charge in [0.25, 0.3) is 0 Å². The fraction of sp³-hybridized carbons (Fsp3) is 0.318. The molecule has 330 valence electrons. The molecule has 18 nitrogen and oxygen atoms in total. The molecule has 63 heavy (non-hydrogen) atoms. The van der Waals surface area contributed by atoms with Gasteiger partial charge in [0.2, 0.25) is 11.7 Å². The number of rotatable bonds is 15. The number of nitrogen functional groups attached to an aromatic ring is 1. The number of carbonyl (C=O) groups excluding carboxylic acids is 2. The number of nitrogens with zero attached hydrogens (tertiary/aromatic N) is 7. The van der Waals surface area contributed by atoms with Crippen LogP contribution in [-0.2, 0) is 11.3 Å². The highest BCUT2D eigenvalue weighted by Gasteiger charge is 2.23. The van der Waals surface area contributed by atoms with Gasteiger partial charge in [-0.25, -0.2) is 14.6 Å². The number of anilines is 1. The predicted molar refractivity (Wildman–Crippen MR) is 234 cm³/mol. The number of hydrogen-bond donors (Lipinski definition) is 1. The van der Waals surface area contributed by atoms with Gasteiger partial charge in [0.15, 0.2) is 28.8 Å². The van der Waals surface area contributed by atoms with Crippen molar-refractivity contribution in [3.05, 3.63) is 76.5 Å². The number of likely N-dealkylation sites (N-methyl/N-ethyl adjacent to an activating group) is 2. The molecule has 2 amide bonds. The Morgan fingerprint density at radius 1 is 0.841 bits per heavy atom. The highest BCUT2D eigenvalue weighted by molar-refractivity contribution is 6.34. The summed E-state index contributed by atoms with van der Waals surface area (Å²) in [5.41, 5.74) is 11.5. The zero-order valence-electron chi connectivity index (χ0n) is 36.3. The molecule has 0 fully saturated rings. The van der Waals surface area contributed by atoms with Gasteiger partial charge in [-0.15, -0.1) is 0 Å². The van der Waals surface area contributed by atoms with Gasteiger partial charge in [-0.3, -0.25) is 4.98 Å². The number of aryl methyl sites for hydroxylation is 1. The summed E-state index contributed by atoms with van der Waals surface area (Å²) in [7, 11) is 10.8. The number of fused-ring (bicyclic) bond motifs is 1. The normalized spacial score (nSPS) is 10.8. The SMILES string of the molecule is COc1ccc(-c2cnoc2-c2cc(OC)c(OC)c(OC)c2)cc1OC(=O)N(C)CCN(C)C(=O)OCCC#Cc1cn(Cc2ncc(C)c(OC)c2C)c2nc(N)nc(Cl)c12. The number of amides is 2. The fourth-order valence-corrected chi connectivity index (χ4v) is 6.94. The summed E-state index contributed by atoms with van der Waals surface area (Å²) in [5, 5.41) is 4.72. The van der Waals surface area contributed by atoms with Crippen LogP contribution < -0.4 is 34.2 Å². The average Bonchev–Trinajstić information content (AvgIpc) is 3.91. The molecule has 0 saturated carbocycles. The third kappa shape index (κ3) is 9.89. The maximum atomic E-state index is 13.3. The molecule has 19 heteroatoms. The Hall–Kier alpha value is -7.39. The zero-order valence-corrected chi connectivity index (χ0v) is 37.1. The van der Waals surface area contributed by atoms with Gasteiger partial charge in [-0.05, 0) is 43.7 Å². The van der Waals surface area contributed by atoms with E-state index in [0.29, 0.717) is 68.6 Å². The van der Waals surface area contributed by atoms with E-state index < -0.39 is 12.2 Å². The quantitative estimate of drug-likeness (QED) is 0.0625. The molecule has 6 aromatic rings. The van der Waals surface area contributed by atoms with Crippen LogP contribution >= 0.6 is 11.6 Å². The average molecular weight is 883 g/mol. The van der Waals surface area contributed by atoms with Gasteiger partial charge in [0.1, 0.15) is 23.2 Å². The molecule has 0 aliphatic rings. The highest BCUT2D eigenvalue weighted by atomic mass is 35.5. The molecule has 2 aromatic carbocycles. The van der Waals surface area contributed by atoms with E-state index in [0.717, 1.165) is 22.6 Å². The topological polar surface area (TPSA) is 201 Å². The Bertz CT molecular complexity index is 2680. The van der Waals surface area contributed by atoms with E-state index in [1.165, 1.54) is 38.2 Å². The Balaban J connectivity index is 1.05. The van der Waals surface area contributed by atoms with Crippen molar-refractivity contribution >= 4 is 40.8 Å². The smallest absolute Gasteiger partial charge is 0.415 e. The highest BCUT2D eigenvalue weighted by Crippen LogP contribution is 2.44. The van der Waals surface area contributed by atoms with Crippen LogP contribution in [0.1, 0.15) is 28.8 Å². The monoisotopic (exact) mass is 882 g/mol. The van der Waals surface area contributed by atoms with Crippen LogP contribution in [0.3, 0.4) is 0 Å². The molecular formula is C44H47ClN8O10. The minimum atomic E-state index is -0.683. The zero-order chi connectivity index (χ0) is 45.4. The Labute approximate surface area is 368 Å². The third-order valence-corrected chi connectivity index (χ3v) is 10.3. The van der Waals surface area contributed by atoms with Gasteiger partial charge in [0, 0.05) is 68.3 Å². The van der Waals surface area contributed by atoms with E-state index in [1.54, 1.807) is 63.9 Å². The summed E-state index contributed by atoms with van der Waals surface area (Å²) in [5.74, 6) is 9.09. The molecule has 0 bridgehead atoms. The molecule has 4 heterocycles. The summed E-state index contributed by atoms with van der Waals surface area (Å²) >= 11 is 6.52. The third-order valence-electron chi connectivity index (χ3n) is 10.00. The maximum absolute atomic E-state index is 13.3. The van der Waals surface area contributed by atoms with E-state index in [4.69, 9.17) is 55.0 Å². The number of methoxy groups -OCH3 is 5. The van der Waals surface area contributed by atoms with Crippen LogP contribution in [-0.4, -0.2) is 116 Å². The van der Waals surface area contributed by atoms with Gasteiger partial charge >= 0.3 is 12.2 Å². The summed E-state index contributed by atoms with van der Waals surface area (Å²) in [4.78, 5) is 42.0. The number of ether oxygens (including phenoxy) is 7. The summed E-state index contributed by atoms with van der Waals surface area (Å²) in [6.45, 7) is 4.52. The molecule has 6 rings (SSSR count). The summed E-state index contributed by atoms with van der Waals surface area (Å²) in [6, 6.07) is 8.57. The maximum Gasteiger partial charge on any atom is 0.415 e. The largest absolute Gasteiger partial charge is 0.496 e. The molecule has 4 aromatic heterocycles. The molecule has 0 unspecified atom stereocenters. The van der Waals surface area contributed by atoms with E-state index in [-0.39, 0.29) is 43.0 Å². The second kappa shape index (κ2) is 20.0. The lowest BCUT2D eigenvalue weighted by molar-refractivity contribution is 0.108. The first-order valence-corrected chi connectivity index (χ1v) is 19.7. The molecule has 0 spiro atoms. The van der Waals surface area contributed by atoms with Crippen LogP contribution in [0.15, 0.2) is 53.4 Å². The van der Waals surface area contributed by atoms with Crippen molar-refractivity contribution in [2.24, 2.45) is 0 Å². The van der Waals surface area contributed by atoms with Gasteiger partial charge in [0.05, 0.1) is 64.9 Å². The molecule has 0 aliphatic carbocycles. The second-order valence-electron chi connectivity index (χ2n) is 14.0. The van der Waals surface area contributed by atoms with Crippen molar-refractivity contribution in [2.45, 2.75) is 26.8 Å². The van der Waals surface area contributed by atoms with E-state index in [2.05, 4.69) is 31.9 Å². The van der Waals surface area contributed by atoms with Gasteiger partial charge in [-0.2, -0.15) is 4.98 Å². The Morgan fingerprint density at radius 3 is 2.17 bits per heavy atom. The lowest BCUT2D eigenvalue weighted by Crippen LogP contribution is -2.38.